The molecule has 1 nitrogen and oxygen atoms in total. The molecule has 210 valence electrons. The Labute approximate surface area is 261 Å². The quantitative estimate of drug-likeness (QED) is 0.130. The standard InChI is InChI=1S/C42H33NSi/c1-6-18-34(19-7-1)41-28-16-17-29-42(41)43(35-20-8-2-9-21-35)36-30-32-40(33-31-36)44(37-22-10-3-11-23-37,38-24-12-4-13-25-38)39-26-14-5-15-27-39/h1-33H. The van der Waals surface area contributed by atoms with Crippen molar-refractivity contribution in [2.24, 2.45) is 0 Å². The van der Waals surface area contributed by atoms with Crippen LogP contribution in [-0.2, 0) is 0 Å². The molecule has 7 aromatic carbocycles. The van der Waals surface area contributed by atoms with Gasteiger partial charge in [0.05, 0.1) is 5.69 Å². The van der Waals surface area contributed by atoms with Crippen molar-refractivity contribution in [1.29, 1.82) is 0 Å². The lowest BCUT2D eigenvalue weighted by Gasteiger charge is -2.35. The van der Waals surface area contributed by atoms with Crippen LogP contribution in [0.1, 0.15) is 0 Å². The minimum atomic E-state index is -2.60. The van der Waals surface area contributed by atoms with Gasteiger partial charge in [0, 0.05) is 16.9 Å². The first-order valence-corrected chi connectivity index (χ1v) is 17.1. The molecule has 0 N–H and O–H groups in total. The van der Waals surface area contributed by atoms with Crippen LogP contribution in [0.5, 0.6) is 0 Å². The van der Waals surface area contributed by atoms with E-state index in [2.05, 4.69) is 205 Å². The average molecular weight is 580 g/mol. The molecule has 0 heterocycles. The summed E-state index contributed by atoms with van der Waals surface area (Å²) < 4.78 is 0. The molecule has 0 aliphatic carbocycles. The van der Waals surface area contributed by atoms with Gasteiger partial charge in [0.25, 0.3) is 0 Å². The number of hydrogen-bond donors (Lipinski definition) is 0. The van der Waals surface area contributed by atoms with Crippen molar-refractivity contribution >= 4 is 45.9 Å². The van der Waals surface area contributed by atoms with Crippen LogP contribution < -0.4 is 25.6 Å². The van der Waals surface area contributed by atoms with E-state index in [9.17, 15) is 0 Å². The van der Waals surface area contributed by atoms with Gasteiger partial charge in [-0.2, -0.15) is 0 Å². The van der Waals surface area contributed by atoms with Crippen LogP contribution >= 0.6 is 0 Å². The van der Waals surface area contributed by atoms with Gasteiger partial charge >= 0.3 is 0 Å². The maximum atomic E-state index is 2.38. The first-order chi connectivity index (χ1) is 21.9. The zero-order chi connectivity index (χ0) is 29.6. The second-order valence-electron chi connectivity index (χ2n) is 10.9. The highest BCUT2D eigenvalue weighted by molar-refractivity contribution is 7.19. The van der Waals surface area contributed by atoms with Crippen molar-refractivity contribution in [1.82, 2.24) is 0 Å². The molecule has 0 unspecified atom stereocenters. The largest absolute Gasteiger partial charge is 0.310 e. The number of rotatable bonds is 8. The van der Waals surface area contributed by atoms with E-state index in [0.717, 1.165) is 17.1 Å². The second kappa shape index (κ2) is 12.4. The molecule has 2 heteroatoms. The number of benzene rings is 7. The molecular formula is C42H33NSi. The maximum Gasteiger partial charge on any atom is 0.179 e. The zero-order valence-corrected chi connectivity index (χ0v) is 25.5. The molecule has 0 radical (unpaired) electrons. The minimum absolute atomic E-state index is 1.13. The Morgan fingerprint density at radius 2 is 0.659 bits per heavy atom. The average Bonchev–Trinajstić information content (AvgIpc) is 3.12. The Bertz CT molecular complexity index is 1830. The molecule has 7 aromatic rings. The predicted octanol–water partition coefficient (Wildman–Crippen LogP) is 8.20. The summed E-state index contributed by atoms with van der Waals surface area (Å²) in [6, 6.07) is 72.6. The van der Waals surface area contributed by atoms with Gasteiger partial charge < -0.3 is 4.90 Å². The summed E-state index contributed by atoms with van der Waals surface area (Å²) >= 11 is 0. The fourth-order valence-electron chi connectivity index (χ4n) is 6.46. The molecule has 0 aliphatic heterocycles. The molecular weight excluding hydrogens is 547 g/mol. The van der Waals surface area contributed by atoms with Crippen LogP contribution in [0.3, 0.4) is 0 Å². The molecule has 0 spiro atoms. The highest BCUT2D eigenvalue weighted by atomic mass is 28.3. The van der Waals surface area contributed by atoms with Crippen LogP contribution in [0.25, 0.3) is 11.1 Å². The van der Waals surface area contributed by atoms with Gasteiger partial charge in [-0.3, -0.25) is 0 Å². The van der Waals surface area contributed by atoms with E-state index >= 15 is 0 Å². The summed E-state index contributed by atoms with van der Waals surface area (Å²) in [6.45, 7) is 0. The highest BCUT2D eigenvalue weighted by Gasteiger charge is 2.41. The number of para-hydroxylation sites is 2. The molecule has 0 amide bonds. The van der Waals surface area contributed by atoms with Crippen molar-refractivity contribution in [2.75, 3.05) is 4.90 Å². The Hall–Kier alpha value is -5.44. The van der Waals surface area contributed by atoms with Crippen molar-refractivity contribution < 1.29 is 0 Å². The third kappa shape index (κ3) is 5.06. The first kappa shape index (κ1) is 27.4. The third-order valence-corrected chi connectivity index (χ3v) is 13.2. The SMILES string of the molecule is c1ccc(-c2ccccc2N(c2ccccc2)c2ccc([Si](c3ccccc3)(c3ccccc3)c3ccccc3)cc2)cc1. The van der Waals surface area contributed by atoms with Gasteiger partial charge in [-0.05, 0) is 56.6 Å². The lowest BCUT2D eigenvalue weighted by atomic mass is 10.0. The van der Waals surface area contributed by atoms with Crippen LogP contribution in [-0.4, -0.2) is 8.07 Å². The molecule has 0 fully saturated rings. The molecule has 0 aliphatic rings. The zero-order valence-electron chi connectivity index (χ0n) is 24.5. The predicted molar refractivity (Wildman–Crippen MR) is 190 cm³/mol. The van der Waals surface area contributed by atoms with Gasteiger partial charge in [-0.1, -0.05) is 170 Å². The van der Waals surface area contributed by atoms with Crippen LogP contribution in [0.15, 0.2) is 200 Å². The van der Waals surface area contributed by atoms with Crippen molar-refractivity contribution in [3.05, 3.63) is 200 Å². The summed E-state index contributed by atoms with van der Waals surface area (Å²) in [7, 11) is -2.60. The lowest BCUT2D eigenvalue weighted by molar-refractivity contribution is 1.28. The Balaban J connectivity index is 1.44. The summed E-state index contributed by atoms with van der Waals surface area (Å²) in [6.07, 6.45) is 0. The van der Waals surface area contributed by atoms with Crippen LogP contribution in [0, 0.1) is 0 Å². The number of anilines is 3. The molecule has 0 bridgehead atoms. The van der Waals surface area contributed by atoms with Crippen molar-refractivity contribution in [3.63, 3.8) is 0 Å². The van der Waals surface area contributed by atoms with E-state index in [-0.39, 0.29) is 0 Å². The Morgan fingerprint density at radius 3 is 1.16 bits per heavy atom. The monoisotopic (exact) mass is 579 g/mol. The van der Waals surface area contributed by atoms with Gasteiger partial charge in [-0.15, -0.1) is 0 Å². The Kier molecular flexibility index (Phi) is 7.74. The van der Waals surface area contributed by atoms with Gasteiger partial charge in [0.15, 0.2) is 8.07 Å². The lowest BCUT2D eigenvalue weighted by Crippen LogP contribution is -2.74. The van der Waals surface area contributed by atoms with E-state index in [1.807, 2.05) is 0 Å². The van der Waals surface area contributed by atoms with Crippen LogP contribution in [0.4, 0.5) is 17.1 Å². The first-order valence-electron chi connectivity index (χ1n) is 15.1. The fourth-order valence-corrected chi connectivity index (χ4v) is 11.2. The molecule has 0 saturated heterocycles. The highest BCUT2D eigenvalue weighted by Crippen LogP contribution is 2.40. The van der Waals surface area contributed by atoms with E-state index in [4.69, 9.17) is 0 Å². The summed E-state index contributed by atoms with van der Waals surface area (Å²) in [4.78, 5) is 2.38. The van der Waals surface area contributed by atoms with Crippen molar-refractivity contribution in [3.8, 4) is 11.1 Å². The number of hydrogen-bond acceptors (Lipinski definition) is 1. The van der Waals surface area contributed by atoms with E-state index in [0.29, 0.717) is 0 Å². The number of nitrogens with zero attached hydrogens (tertiary/aromatic N) is 1. The second-order valence-corrected chi connectivity index (χ2v) is 14.8. The van der Waals surface area contributed by atoms with Gasteiger partial charge in [0.1, 0.15) is 0 Å². The van der Waals surface area contributed by atoms with E-state index < -0.39 is 8.07 Å². The normalized spacial score (nSPS) is 11.2. The topological polar surface area (TPSA) is 3.24 Å². The van der Waals surface area contributed by atoms with E-state index in [1.165, 1.54) is 31.9 Å². The fraction of sp³-hybridized carbons (Fsp3) is 0. The molecule has 0 saturated carbocycles. The third-order valence-electron chi connectivity index (χ3n) is 8.42. The van der Waals surface area contributed by atoms with Crippen LogP contribution in [0.2, 0.25) is 0 Å². The maximum absolute atomic E-state index is 2.60. The molecule has 44 heavy (non-hydrogen) atoms. The summed E-state index contributed by atoms with van der Waals surface area (Å²) in [5, 5.41) is 5.48. The Morgan fingerprint density at radius 1 is 0.295 bits per heavy atom. The molecule has 0 atom stereocenters. The van der Waals surface area contributed by atoms with Gasteiger partial charge in [-0.25, -0.2) is 0 Å². The smallest absolute Gasteiger partial charge is 0.179 e. The van der Waals surface area contributed by atoms with Gasteiger partial charge in [0.2, 0.25) is 0 Å². The summed E-state index contributed by atoms with van der Waals surface area (Å²) in [5.74, 6) is 0. The van der Waals surface area contributed by atoms with Crippen molar-refractivity contribution in [2.45, 2.75) is 0 Å². The molecule has 0 aromatic heterocycles. The summed E-state index contributed by atoms with van der Waals surface area (Å²) in [5.41, 5.74) is 5.80. The molecule has 7 rings (SSSR count). The van der Waals surface area contributed by atoms with E-state index in [1.54, 1.807) is 0 Å². The minimum Gasteiger partial charge on any atom is -0.310 e.